The van der Waals surface area contributed by atoms with Gasteiger partial charge in [-0.05, 0) is 25.5 Å². The van der Waals surface area contributed by atoms with Gasteiger partial charge in [-0.3, -0.25) is 14.9 Å². The van der Waals surface area contributed by atoms with Crippen LogP contribution in [-0.4, -0.2) is 62.4 Å². The third-order valence-electron chi connectivity index (χ3n) is 5.82. The average molecular weight is 481 g/mol. The third kappa shape index (κ3) is 5.22. The summed E-state index contributed by atoms with van der Waals surface area (Å²) in [5.41, 5.74) is 2.88. The number of piperazine rings is 1. The van der Waals surface area contributed by atoms with Crippen molar-refractivity contribution in [1.29, 1.82) is 0 Å². The lowest BCUT2D eigenvalue weighted by molar-refractivity contribution is -0.384. The van der Waals surface area contributed by atoms with Crippen molar-refractivity contribution in [2.75, 3.05) is 36.8 Å². The molecule has 1 fully saturated rings. The number of hydrogen-bond acceptors (Lipinski definition) is 7. The minimum atomic E-state index is -0.360. The van der Waals surface area contributed by atoms with Crippen molar-refractivity contribution in [3.8, 4) is 11.4 Å². The first-order valence-electron chi connectivity index (χ1n) is 11.4. The van der Waals surface area contributed by atoms with Crippen molar-refractivity contribution in [2.45, 2.75) is 32.0 Å². The van der Waals surface area contributed by atoms with Crippen molar-refractivity contribution in [1.82, 2.24) is 19.7 Å². The number of carbonyl (C=O) groups excluding carboxylic acids is 1. The minimum Gasteiger partial charge on any atom is -0.362 e. The van der Waals surface area contributed by atoms with Gasteiger partial charge in [-0.2, -0.15) is 0 Å². The molecule has 2 heterocycles. The molecule has 10 heteroatoms. The molecule has 0 bridgehead atoms. The standard InChI is InChI=1S/C24H28N6O3S/c1-3-11-29-23(19-8-6-7-18(2)16-19)25-26-24(29)34-17-22(31)28-14-12-27(13-15-28)20-9-4-5-10-21(20)30(32)33/h4-10,16H,3,11-15,17H2,1-2H3. The Balaban J connectivity index is 1.38. The van der Waals surface area contributed by atoms with Gasteiger partial charge in [0.25, 0.3) is 5.69 Å². The maximum Gasteiger partial charge on any atom is 0.292 e. The lowest BCUT2D eigenvalue weighted by atomic mass is 10.1. The van der Waals surface area contributed by atoms with Crippen molar-refractivity contribution in [2.24, 2.45) is 0 Å². The first-order chi connectivity index (χ1) is 16.5. The molecule has 4 rings (SSSR count). The van der Waals surface area contributed by atoms with Gasteiger partial charge >= 0.3 is 0 Å². The fraction of sp³-hybridized carbons (Fsp3) is 0.375. The van der Waals surface area contributed by atoms with Crippen LogP contribution in [0.2, 0.25) is 0 Å². The zero-order valence-electron chi connectivity index (χ0n) is 19.4. The molecule has 1 aromatic heterocycles. The molecule has 1 aliphatic rings. The van der Waals surface area contributed by atoms with Gasteiger partial charge in [-0.15, -0.1) is 10.2 Å². The van der Waals surface area contributed by atoms with Crippen molar-refractivity contribution >= 4 is 29.0 Å². The first-order valence-corrected chi connectivity index (χ1v) is 12.4. The number of nitrogens with zero attached hydrogens (tertiary/aromatic N) is 6. The number of aryl methyl sites for hydroxylation is 1. The summed E-state index contributed by atoms with van der Waals surface area (Å²) >= 11 is 1.41. The summed E-state index contributed by atoms with van der Waals surface area (Å²) in [6, 6.07) is 14.9. The molecule has 0 unspecified atom stereocenters. The minimum absolute atomic E-state index is 0.0374. The smallest absolute Gasteiger partial charge is 0.292 e. The summed E-state index contributed by atoms with van der Waals surface area (Å²) in [5, 5.41) is 20.9. The highest BCUT2D eigenvalue weighted by Crippen LogP contribution is 2.29. The average Bonchev–Trinajstić information content (AvgIpc) is 3.25. The fourth-order valence-electron chi connectivity index (χ4n) is 4.12. The van der Waals surface area contributed by atoms with Gasteiger partial charge in [0.2, 0.25) is 5.91 Å². The summed E-state index contributed by atoms with van der Waals surface area (Å²) in [6.45, 7) is 7.12. The Bertz CT molecular complexity index is 1170. The topological polar surface area (TPSA) is 97.4 Å². The molecule has 1 saturated heterocycles. The molecule has 2 aromatic carbocycles. The van der Waals surface area contributed by atoms with E-state index in [1.807, 2.05) is 34.9 Å². The highest BCUT2D eigenvalue weighted by Gasteiger charge is 2.26. The molecule has 0 N–H and O–H groups in total. The van der Waals surface area contributed by atoms with Crippen LogP contribution in [0.4, 0.5) is 11.4 Å². The van der Waals surface area contributed by atoms with Crippen molar-refractivity contribution in [3.63, 3.8) is 0 Å². The summed E-state index contributed by atoms with van der Waals surface area (Å²) < 4.78 is 2.08. The number of nitro groups is 1. The number of thioether (sulfide) groups is 1. The van der Waals surface area contributed by atoms with E-state index < -0.39 is 0 Å². The molecule has 0 atom stereocenters. The number of benzene rings is 2. The summed E-state index contributed by atoms with van der Waals surface area (Å²) in [4.78, 5) is 27.7. The highest BCUT2D eigenvalue weighted by molar-refractivity contribution is 7.99. The number of aromatic nitrogens is 3. The zero-order valence-corrected chi connectivity index (χ0v) is 20.2. The van der Waals surface area contributed by atoms with E-state index in [0.29, 0.717) is 31.9 Å². The van der Waals surface area contributed by atoms with Gasteiger partial charge < -0.3 is 14.4 Å². The molecular formula is C24H28N6O3S. The number of para-hydroxylation sites is 2. The van der Waals surface area contributed by atoms with E-state index in [4.69, 9.17) is 0 Å². The molecule has 0 aliphatic carbocycles. The monoisotopic (exact) mass is 480 g/mol. The quantitative estimate of drug-likeness (QED) is 0.273. The number of hydrogen-bond donors (Lipinski definition) is 0. The van der Waals surface area contributed by atoms with Crippen LogP contribution in [0.25, 0.3) is 11.4 Å². The Morgan fingerprint density at radius 3 is 2.56 bits per heavy atom. The molecule has 1 amide bonds. The van der Waals surface area contributed by atoms with E-state index >= 15 is 0 Å². The van der Waals surface area contributed by atoms with Crippen LogP contribution in [0.1, 0.15) is 18.9 Å². The SMILES string of the molecule is CCCn1c(SCC(=O)N2CCN(c3ccccc3[N+](=O)[O-])CC2)nnc1-c1cccc(C)c1. The highest BCUT2D eigenvalue weighted by atomic mass is 32.2. The second-order valence-corrected chi connectivity index (χ2v) is 9.17. The van der Waals surface area contributed by atoms with E-state index in [9.17, 15) is 14.9 Å². The van der Waals surface area contributed by atoms with E-state index in [1.165, 1.54) is 17.8 Å². The van der Waals surface area contributed by atoms with E-state index in [0.717, 1.165) is 35.1 Å². The van der Waals surface area contributed by atoms with Crippen LogP contribution in [0.5, 0.6) is 0 Å². The van der Waals surface area contributed by atoms with Gasteiger partial charge in [0.05, 0.1) is 10.7 Å². The predicted molar refractivity (Wildman–Crippen MR) is 133 cm³/mol. The Hall–Kier alpha value is -3.40. The predicted octanol–water partition coefficient (Wildman–Crippen LogP) is 4.01. The van der Waals surface area contributed by atoms with Gasteiger partial charge in [-0.25, -0.2) is 0 Å². The molecule has 34 heavy (non-hydrogen) atoms. The Kier molecular flexibility index (Phi) is 7.46. The van der Waals surface area contributed by atoms with E-state index in [1.54, 1.807) is 18.2 Å². The number of nitro benzene ring substituents is 1. The molecule has 1 aliphatic heterocycles. The molecule has 0 radical (unpaired) electrons. The largest absolute Gasteiger partial charge is 0.362 e. The number of rotatable bonds is 8. The molecule has 3 aromatic rings. The number of carbonyl (C=O) groups is 1. The second kappa shape index (κ2) is 10.7. The Labute approximate surface area is 202 Å². The summed E-state index contributed by atoms with van der Waals surface area (Å²) in [7, 11) is 0. The summed E-state index contributed by atoms with van der Waals surface area (Å²) in [6.07, 6.45) is 0.936. The van der Waals surface area contributed by atoms with Gasteiger partial charge in [0, 0.05) is 44.4 Å². The van der Waals surface area contributed by atoms with E-state index in [2.05, 4.69) is 27.8 Å². The summed E-state index contributed by atoms with van der Waals surface area (Å²) in [5.74, 6) is 1.13. The molecule has 178 valence electrons. The van der Waals surface area contributed by atoms with Crippen molar-refractivity contribution in [3.05, 3.63) is 64.2 Å². The Morgan fingerprint density at radius 1 is 1.09 bits per heavy atom. The lowest BCUT2D eigenvalue weighted by Crippen LogP contribution is -2.49. The molecule has 0 spiro atoms. The van der Waals surface area contributed by atoms with Gasteiger partial charge in [0.15, 0.2) is 11.0 Å². The second-order valence-electron chi connectivity index (χ2n) is 8.23. The van der Waals surface area contributed by atoms with E-state index in [-0.39, 0.29) is 22.3 Å². The zero-order chi connectivity index (χ0) is 24.1. The molecular weight excluding hydrogens is 452 g/mol. The maximum absolute atomic E-state index is 12.9. The normalized spacial score (nSPS) is 13.8. The van der Waals surface area contributed by atoms with Crippen molar-refractivity contribution < 1.29 is 9.72 Å². The molecule has 0 saturated carbocycles. The lowest BCUT2D eigenvalue weighted by Gasteiger charge is -2.35. The first kappa shape index (κ1) is 23.7. The van der Waals surface area contributed by atoms with Crippen LogP contribution in [0.3, 0.4) is 0 Å². The third-order valence-corrected chi connectivity index (χ3v) is 6.77. The van der Waals surface area contributed by atoms with Crippen LogP contribution >= 0.6 is 11.8 Å². The maximum atomic E-state index is 12.9. The van der Waals surface area contributed by atoms with Gasteiger partial charge in [0.1, 0.15) is 5.69 Å². The van der Waals surface area contributed by atoms with Gasteiger partial charge in [-0.1, -0.05) is 54.6 Å². The molecule has 9 nitrogen and oxygen atoms in total. The number of amides is 1. The fourth-order valence-corrected chi connectivity index (χ4v) is 4.99. The van der Waals surface area contributed by atoms with Crippen LogP contribution in [0.15, 0.2) is 53.7 Å². The van der Waals surface area contributed by atoms with Crippen LogP contribution in [0, 0.1) is 17.0 Å². The van der Waals surface area contributed by atoms with Crippen LogP contribution in [-0.2, 0) is 11.3 Å². The number of anilines is 1. The van der Waals surface area contributed by atoms with Crippen LogP contribution < -0.4 is 4.90 Å². The Morgan fingerprint density at radius 2 is 1.85 bits per heavy atom.